The number of fused-ring (bicyclic) bond motifs is 2. The first-order valence-corrected chi connectivity index (χ1v) is 9.38. The summed E-state index contributed by atoms with van der Waals surface area (Å²) in [5.74, 6) is -0.689. The molecule has 0 radical (unpaired) electrons. The van der Waals surface area contributed by atoms with Crippen LogP contribution in [0.1, 0.15) is 29.6 Å². The molecule has 0 saturated carbocycles. The number of hydrogen-bond acceptors (Lipinski definition) is 5. The van der Waals surface area contributed by atoms with Gasteiger partial charge in [0, 0.05) is 18.5 Å². The molecule has 4 atom stereocenters. The van der Waals surface area contributed by atoms with Gasteiger partial charge in [0.15, 0.2) is 0 Å². The normalized spacial score (nSPS) is 27.1. The first kappa shape index (κ1) is 17.7. The summed E-state index contributed by atoms with van der Waals surface area (Å²) in [4.78, 5) is 27.8. The van der Waals surface area contributed by atoms with Crippen LogP contribution in [0.2, 0.25) is 0 Å². The largest absolute Gasteiger partial charge is 0.458 e. The molecule has 2 fully saturated rings. The van der Waals surface area contributed by atoms with Crippen molar-refractivity contribution in [2.24, 2.45) is 5.92 Å². The smallest absolute Gasteiger partial charge is 0.338 e. The lowest BCUT2D eigenvalue weighted by Gasteiger charge is -2.40. The maximum atomic E-state index is 13.0. The molecule has 2 aromatic rings. The standard InChI is InChI=1S/C22H23NO4/c1-23-16-12-13-18(23)20(22(25)26-17-10-6-3-7-11-17)19(14-16)27-21(24)15-8-4-2-5-9-15/h2-11,16,18-20H,12-14H2,1H3/t16?,18?,19-,20?/m1/s1. The molecule has 2 aliphatic heterocycles. The molecule has 2 heterocycles. The zero-order valence-electron chi connectivity index (χ0n) is 15.3. The predicted molar refractivity (Wildman–Crippen MR) is 100 cm³/mol. The van der Waals surface area contributed by atoms with E-state index in [0.717, 1.165) is 12.8 Å². The maximum Gasteiger partial charge on any atom is 0.338 e. The number of ether oxygens (including phenoxy) is 2. The Balaban J connectivity index is 1.55. The minimum atomic E-state index is -0.485. The first-order chi connectivity index (χ1) is 13.1. The molecule has 140 valence electrons. The highest BCUT2D eigenvalue weighted by Gasteiger charge is 2.51. The van der Waals surface area contributed by atoms with Gasteiger partial charge in [0.1, 0.15) is 17.8 Å². The van der Waals surface area contributed by atoms with E-state index < -0.39 is 12.0 Å². The van der Waals surface area contributed by atoms with Crippen molar-refractivity contribution in [3.63, 3.8) is 0 Å². The summed E-state index contributed by atoms with van der Waals surface area (Å²) in [5, 5.41) is 0. The Bertz CT molecular complexity index is 808. The number of piperidine rings is 1. The predicted octanol–water partition coefficient (Wildman–Crippen LogP) is 3.30. The summed E-state index contributed by atoms with van der Waals surface area (Å²) in [7, 11) is 2.04. The molecule has 5 nitrogen and oxygen atoms in total. The van der Waals surface area contributed by atoms with E-state index in [0.29, 0.717) is 23.8 Å². The van der Waals surface area contributed by atoms with Crippen molar-refractivity contribution in [3.05, 3.63) is 66.2 Å². The van der Waals surface area contributed by atoms with Crippen molar-refractivity contribution < 1.29 is 19.1 Å². The van der Waals surface area contributed by atoms with Crippen LogP contribution in [-0.4, -0.2) is 42.1 Å². The monoisotopic (exact) mass is 365 g/mol. The minimum absolute atomic E-state index is 0.0357. The van der Waals surface area contributed by atoms with Gasteiger partial charge in [-0.3, -0.25) is 9.69 Å². The van der Waals surface area contributed by atoms with Gasteiger partial charge < -0.3 is 9.47 Å². The Labute approximate surface area is 158 Å². The van der Waals surface area contributed by atoms with Gasteiger partial charge in [-0.05, 0) is 44.2 Å². The molecule has 3 unspecified atom stereocenters. The van der Waals surface area contributed by atoms with Crippen molar-refractivity contribution in [1.29, 1.82) is 0 Å². The maximum absolute atomic E-state index is 13.0. The second-order valence-electron chi connectivity index (χ2n) is 7.27. The molecule has 0 amide bonds. The number of rotatable bonds is 4. The second-order valence-corrected chi connectivity index (χ2v) is 7.27. The zero-order valence-corrected chi connectivity index (χ0v) is 15.3. The Hall–Kier alpha value is -2.66. The van der Waals surface area contributed by atoms with E-state index in [1.54, 1.807) is 36.4 Å². The third-order valence-electron chi connectivity index (χ3n) is 5.72. The molecular weight excluding hydrogens is 342 g/mol. The highest BCUT2D eigenvalue weighted by molar-refractivity contribution is 5.89. The first-order valence-electron chi connectivity index (χ1n) is 9.38. The molecule has 0 spiro atoms. The lowest BCUT2D eigenvalue weighted by atomic mass is 9.87. The Morgan fingerprint density at radius 1 is 0.963 bits per heavy atom. The van der Waals surface area contributed by atoms with Crippen LogP contribution < -0.4 is 4.74 Å². The van der Waals surface area contributed by atoms with E-state index in [1.165, 1.54) is 0 Å². The molecule has 2 saturated heterocycles. The quantitative estimate of drug-likeness (QED) is 0.615. The highest BCUT2D eigenvalue weighted by atomic mass is 16.6. The third-order valence-corrected chi connectivity index (χ3v) is 5.72. The van der Waals surface area contributed by atoms with Gasteiger partial charge in [-0.1, -0.05) is 36.4 Å². The van der Waals surface area contributed by atoms with Crippen LogP contribution in [0.25, 0.3) is 0 Å². The van der Waals surface area contributed by atoms with Crippen LogP contribution in [0.5, 0.6) is 5.75 Å². The fourth-order valence-electron chi connectivity index (χ4n) is 4.30. The van der Waals surface area contributed by atoms with Crippen molar-refractivity contribution in [3.8, 4) is 5.75 Å². The van der Waals surface area contributed by atoms with Crippen LogP contribution >= 0.6 is 0 Å². The molecular formula is C22H23NO4. The van der Waals surface area contributed by atoms with Crippen molar-refractivity contribution in [2.75, 3.05) is 7.05 Å². The zero-order chi connectivity index (χ0) is 18.8. The van der Waals surface area contributed by atoms with Gasteiger partial charge in [0.25, 0.3) is 0 Å². The van der Waals surface area contributed by atoms with Gasteiger partial charge in [-0.15, -0.1) is 0 Å². The highest BCUT2D eigenvalue weighted by Crippen LogP contribution is 2.40. The van der Waals surface area contributed by atoms with Gasteiger partial charge in [-0.25, -0.2) is 4.79 Å². The number of benzene rings is 2. The molecule has 2 aliphatic rings. The minimum Gasteiger partial charge on any atom is -0.458 e. The number of carbonyl (C=O) groups is 2. The SMILES string of the molecule is CN1C2CCC1C(C(=O)Oc1ccccc1)[C@H](OC(=O)c1ccccc1)C2. The van der Waals surface area contributed by atoms with E-state index in [-0.39, 0.29) is 18.0 Å². The molecule has 2 aromatic carbocycles. The van der Waals surface area contributed by atoms with Crippen molar-refractivity contribution in [1.82, 2.24) is 4.90 Å². The molecule has 0 aromatic heterocycles. The average Bonchev–Trinajstić information content (AvgIpc) is 2.92. The second kappa shape index (κ2) is 7.53. The summed E-state index contributed by atoms with van der Waals surface area (Å²) < 4.78 is 11.4. The van der Waals surface area contributed by atoms with Gasteiger partial charge >= 0.3 is 11.9 Å². The van der Waals surface area contributed by atoms with E-state index in [2.05, 4.69) is 4.90 Å². The third kappa shape index (κ3) is 3.60. The van der Waals surface area contributed by atoms with E-state index >= 15 is 0 Å². The van der Waals surface area contributed by atoms with Gasteiger partial charge in [-0.2, -0.15) is 0 Å². The number of hydrogen-bond donors (Lipinski definition) is 0. The van der Waals surface area contributed by atoms with Gasteiger partial charge in [0.2, 0.25) is 0 Å². The lowest BCUT2D eigenvalue weighted by Crippen LogP contribution is -2.54. The van der Waals surface area contributed by atoms with Gasteiger partial charge in [0.05, 0.1) is 5.56 Å². The van der Waals surface area contributed by atoms with Crippen molar-refractivity contribution in [2.45, 2.75) is 37.5 Å². The Kier molecular flexibility index (Phi) is 4.94. The average molecular weight is 365 g/mol. The topological polar surface area (TPSA) is 55.8 Å². The summed E-state index contributed by atoms with van der Waals surface area (Å²) in [6, 6.07) is 18.3. The van der Waals surface area contributed by atoms with E-state index in [9.17, 15) is 9.59 Å². The van der Waals surface area contributed by atoms with Crippen LogP contribution in [0, 0.1) is 5.92 Å². The summed E-state index contributed by atoms with van der Waals surface area (Å²) in [5.41, 5.74) is 0.499. The molecule has 4 rings (SSSR count). The fraction of sp³-hybridized carbons (Fsp3) is 0.364. The lowest BCUT2D eigenvalue weighted by molar-refractivity contribution is -0.149. The molecule has 0 N–H and O–H groups in total. The van der Waals surface area contributed by atoms with Crippen molar-refractivity contribution >= 4 is 11.9 Å². The van der Waals surface area contributed by atoms with E-state index in [1.807, 2.05) is 31.3 Å². The Morgan fingerprint density at radius 2 is 1.63 bits per heavy atom. The fourth-order valence-corrected chi connectivity index (χ4v) is 4.30. The summed E-state index contributed by atoms with van der Waals surface area (Å²) in [6.45, 7) is 0. The number of para-hydroxylation sites is 1. The number of carbonyl (C=O) groups excluding carboxylic acids is 2. The summed E-state index contributed by atoms with van der Waals surface area (Å²) >= 11 is 0. The molecule has 27 heavy (non-hydrogen) atoms. The molecule has 5 heteroatoms. The molecule has 2 bridgehead atoms. The van der Waals surface area contributed by atoms with Crippen LogP contribution in [0.4, 0.5) is 0 Å². The Morgan fingerprint density at radius 3 is 2.33 bits per heavy atom. The summed E-state index contributed by atoms with van der Waals surface area (Å²) in [6.07, 6.45) is 2.10. The van der Waals surface area contributed by atoms with E-state index in [4.69, 9.17) is 9.47 Å². The van der Waals surface area contributed by atoms with Crippen LogP contribution in [-0.2, 0) is 9.53 Å². The number of nitrogens with zero attached hydrogens (tertiary/aromatic N) is 1. The van der Waals surface area contributed by atoms with Crippen LogP contribution in [0.15, 0.2) is 60.7 Å². The number of esters is 2. The van der Waals surface area contributed by atoms with Crippen LogP contribution in [0.3, 0.4) is 0 Å². The molecule has 0 aliphatic carbocycles.